The Hall–Kier alpha value is -3.34. The van der Waals surface area contributed by atoms with E-state index < -0.39 is 24.0 Å². The van der Waals surface area contributed by atoms with Gasteiger partial charge in [0.1, 0.15) is 12.3 Å². The number of thioether (sulfide) groups is 1. The third kappa shape index (κ3) is 8.84. The number of carbonyl (C=O) groups is 3. The van der Waals surface area contributed by atoms with E-state index in [0.29, 0.717) is 17.7 Å². The summed E-state index contributed by atoms with van der Waals surface area (Å²) in [6.45, 7) is 7.48. The molecule has 0 radical (unpaired) electrons. The SMILES string of the molecule is Cc1ccc(C(=O)NC(Cc2ccccc2)[C@H](O)C(=O)N(CSC(C)C)CC(=O)NCc2cccs2)c(C)c1O. The summed E-state index contributed by atoms with van der Waals surface area (Å²) in [5.41, 5.74) is 2.12. The molecule has 0 saturated heterocycles. The van der Waals surface area contributed by atoms with Crippen LogP contribution in [0.2, 0.25) is 0 Å². The number of amides is 3. The van der Waals surface area contributed by atoms with Crippen molar-refractivity contribution in [2.45, 2.75) is 58.1 Å². The lowest BCUT2D eigenvalue weighted by Gasteiger charge is -2.30. The number of thiophene rings is 1. The number of carbonyl (C=O) groups excluding carboxylic acids is 3. The van der Waals surface area contributed by atoms with Crippen LogP contribution in [0.3, 0.4) is 0 Å². The molecule has 2 aromatic carbocycles. The molecule has 1 heterocycles. The highest BCUT2D eigenvalue weighted by molar-refractivity contribution is 7.99. The predicted molar refractivity (Wildman–Crippen MR) is 160 cm³/mol. The molecule has 2 atom stereocenters. The van der Waals surface area contributed by atoms with E-state index in [-0.39, 0.29) is 41.3 Å². The summed E-state index contributed by atoms with van der Waals surface area (Å²) in [4.78, 5) is 42.0. The van der Waals surface area contributed by atoms with Crippen LogP contribution >= 0.6 is 23.1 Å². The first-order valence-corrected chi connectivity index (χ1v) is 15.0. The Morgan fingerprint density at radius 2 is 1.75 bits per heavy atom. The maximum Gasteiger partial charge on any atom is 0.254 e. The van der Waals surface area contributed by atoms with E-state index in [1.165, 1.54) is 28.0 Å². The number of nitrogens with zero attached hydrogens (tertiary/aromatic N) is 1. The van der Waals surface area contributed by atoms with Gasteiger partial charge in [0.25, 0.3) is 11.8 Å². The van der Waals surface area contributed by atoms with E-state index in [0.717, 1.165) is 10.4 Å². The lowest BCUT2D eigenvalue weighted by molar-refractivity contribution is -0.143. The first kappa shape index (κ1) is 31.2. The monoisotopic (exact) mass is 583 g/mol. The van der Waals surface area contributed by atoms with Crippen molar-refractivity contribution >= 4 is 40.8 Å². The lowest BCUT2D eigenvalue weighted by atomic mass is 9.98. The molecule has 8 nitrogen and oxygen atoms in total. The molecule has 1 aromatic heterocycles. The van der Waals surface area contributed by atoms with Gasteiger partial charge in [0, 0.05) is 21.3 Å². The van der Waals surface area contributed by atoms with Crippen molar-refractivity contribution in [1.29, 1.82) is 0 Å². The first-order valence-electron chi connectivity index (χ1n) is 13.1. The third-order valence-corrected chi connectivity index (χ3v) is 8.38. The van der Waals surface area contributed by atoms with Gasteiger partial charge in [0.2, 0.25) is 5.91 Å². The van der Waals surface area contributed by atoms with Crippen molar-refractivity contribution in [2.24, 2.45) is 0 Å². The van der Waals surface area contributed by atoms with Gasteiger partial charge in [-0.1, -0.05) is 56.3 Å². The molecule has 0 bridgehead atoms. The van der Waals surface area contributed by atoms with Gasteiger partial charge in [-0.25, -0.2) is 0 Å². The van der Waals surface area contributed by atoms with Gasteiger partial charge >= 0.3 is 0 Å². The van der Waals surface area contributed by atoms with E-state index in [4.69, 9.17) is 0 Å². The van der Waals surface area contributed by atoms with Gasteiger partial charge in [-0.3, -0.25) is 14.4 Å². The number of aliphatic hydroxyl groups is 1. The van der Waals surface area contributed by atoms with Crippen molar-refractivity contribution in [3.63, 3.8) is 0 Å². The number of phenolic OH excluding ortho intramolecular Hbond substituents is 1. The number of benzene rings is 2. The summed E-state index contributed by atoms with van der Waals surface area (Å²) in [5, 5.41) is 29.4. The fourth-order valence-electron chi connectivity index (χ4n) is 4.05. The van der Waals surface area contributed by atoms with Crippen molar-refractivity contribution in [2.75, 3.05) is 12.4 Å². The number of rotatable bonds is 13. The standard InChI is InChI=1S/C30H37N3O5S2/c1-19(2)40-18-33(17-26(34)31-16-23-11-8-14-39-23)30(38)28(36)25(15-22-9-6-5-7-10-22)32-29(37)24-13-12-20(3)27(35)21(24)4/h5-14,19,25,28,35-36H,15-18H2,1-4H3,(H,31,34)(H,32,37)/t25?,28-/m0/s1. The van der Waals surface area contributed by atoms with E-state index in [1.54, 1.807) is 26.0 Å². The topological polar surface area (TPSA) is 119 Å². The molecule has 4 N–H and O–H groups in total. The van der Waals surface area contributed by atoms with Crippen LogP contribution in [0.1, 0.15) is 45.8 Å². The van der Waals surface area contributed by atoms with Gasteiger partial charge in [-0.2, -0.15) is 0 Å². The Kier molecular flexibility index (Phi) is 11.6. The zero-order valence-electron chi connectivity index (χ0n) is 23.2. The number of hydrogen-bond donors (Lipinski definition) is 4. The van der Waals surface area contributed by atoms with E-state index in [1.807, 2.05) is 61.7 Å². The number of nitrogens with one attached hydrogen (secondary N) is 2. The van der Waals surface area contributed by atoms with Crippen LogP contribution in [0, 0.1) is 13.8 Å². The quantitative estimate of drug-likeness (QED) is 0.226. The predicted octanol–water partition coefficient (Wildman–Crippen LogP) is 4.02. The first-order chi connectivity index (χ1) is 19.1. The number of aliphatic hydroxyl groups excluding tert-OH is 1. The average Bonchev–Trinajstić information content (AvgIpc) is 3.46. The number of hydrogen-bond acceptors (Lipinski definition) is 7. The average molecular weight is 584 g/mol. The fourth-order valence-corrected chi connectivity index (χ4v) is 5.39. The molecule has 0 fully saturated rings. The molecule has 0 saturated carbocycles. The maximum absolute atomic E-state index is 13.6. The summed E-state index contributed by atoms with van der Waals surface area (Å²) >= 11 is 3.00. The number of phenols is 1. The van der Waals surface area contributed by atoms with E-state index in [2.05, 4.69) is 10.6 Å². The number of aryl methyl sites for hydroxylation is 1. The molecule has 40 heavy (non-hydrogen) atoms. The fraction of sp³-hybridized carbons (Fsp3) is 0.367. The highest BCUT2D eigenvalue weighted by atomic mass is 32.2. The Bertz CT molecular complexity index is 1280. The molecule has 0 aliphatic rings. The Morgan fingerprint density at radius 3 is 2.40 bits per heavy atom. The lowest BCUT2D eigenvalue weighted by Crippen LogP contribution is -2.54. The largest absolute Gasteiger partial charge is 0.507 e. The molecule has 3 aromatic rings. The van der Waals surface area contributed by atoms with E-state index in [9.17, 15) is 24.6 Å². The van der Waals surface area contributed by atoms with Crippen LogP contribution in [0.25, 0.3) is 0 Å². The van der Waals surface area contributed by atoms with Crippen molar-refractivity contribution < 1.29 is 24.6 Å². The summed E-state index contributed by atoms with van der Waals surface area (Å²) in [7, 11) is 0. The maximum atomic E-state index is 13.6. The second-order valence-corrected chi connectivity index (χ2v) is 12.4. The molecule has 3 amide bonds. The minimum absolute atomic E-state index is 0.0225. The normalized spacial score (nSPS) is 12.6. The zero-order valence-corrected chi connectivity index (χ0v) is 24.8. The molecule has 1 unspecified atom stereocenters. The molecule has 0 aliphatic heterocycles. The van der Waals surface area contributed by atoms with Crippen molar-refractivity contribution in [1.82, 2.24) is 15.5 Å². The molecule has 0 spiro atoms. The highest BCUT2D eigenvalue weighted by Crippen LogP contribution is 2.25. The van der Waals surface area contributed by atoms with Gasteiger partial charge < -0.3 is 25.7 Å². The van der Waals surface area contributed by atoms with E-state index >= 15 is 0 Å². The second kappa shape index (κ2) is 14.9. The van der Waals surface area contributed by atoms with Crippen LogP contribution in [-0.2, 0) is 22.6 Å². The van der Waals surface area contributed by atoms with Gasteiger partial charge in [-0.15, -0.1) is 23.1 Å². The molecule has 0 aliphatic carbocycles. The summed E-state index contributed by atoms with van der Waals surface area (Å²) in [6.07, 6.45) is -1.42. The molecule has 3 rings (SSSR count). The van der Waals surface area contributed by atoms with Crippen LogP contribution in [0.15, 0.2) is 60.0 Å². The minimum Gasteiger partial charge on any atom is -0.507 e. The molecular formula is C30H37N3O5S2. The zero-order chi connectivity index (χ0) is 29.2. The second-order valence-electron chi connectivity index (χ2n) is 9.85. The van der Waals surface area contributed by atoms with Gasteiger partial charge in [0.05, 0.1) is 18.5 Å². The van der Waals surface area contributed by atoms with Crippen LogP contribution in [0.5, 0.6) is 5.75 Å². The van der Waals surface area contributed by atoms with Crippen LogP contribution < -0.4 is 10.6 Å². The van der Waals surface area contributed by atoms with Crippen molar-refractivity contribution in [3.05, 3.63) is 87.1 Å². The number of aromatic hydroxyl groups is 1. The van der Waals surface area contributed by atoms with Gasteiger partial charge in [0.15, 0.2) is 6.10 Å². The Labute approximate surface area is 243 Å². The molecule has 214 valence electrons. The smallest absolute Gasteiger partial charge is 0.254 e. The van der Waals surface area contributed by atoms with Crippen LogP contribution in [0.4, 0.5) is 0 Å². The Balaban J connectivity index is 1.81. The van der Waals surface area contributed by atoms with Crippen molar-refractivity contribution in [3.8, 4) is 5.75 Å². The van der Waals surface area contributed by atoms with Gasteiger partial charge in [-0.05, 0) is 48.9 Å². The summed E-state index contributed by atoms with van der Waals surface area (Å²) in [5.74, 6) is -1.28. The summed E-state index contributed by atoms with van der Waals surface area (Å²) < 4.78 is 0. The van der Waals surface area contributed by atoms with Crippen LogP contribution in [-0.4, -0.2) is 62.7 Å². The highest BCUT2D eigenvalue weighted by Gasteiger charge is 2.33. The Morgan fingerprint density at radius 1 is 1.02 bits per heavy atom. The summed E-state index contributed by atoms with van der Waals surface area (Å²) in [6, 6.07) is 15.3. The molecule has 10 heteroatoms. The third-order valence-electron chi connectivity index (χ3n) is 6.38. The minimum atomic E-state index is -1.61. The molecular weight excluding hydrogens is 546 g/mol.